The van der Waals surface area contributed by atoms with E-state index in [-0.39, 0.29) is 23.8 Å². The van der Waals surface area contributed by atoms with Crippen molar-refractivity contribution >= 4 is 39.3 Å². The second-order valence-corrected chi connectivity index (χ2v) is 16.6. The van der Waals surface area contributed by atoms with Crippen molar-refractivity contribution in [2.45, 2.75) is 90.4 Å². The zero-order valence-electron chi connectivity index (χ0n) is 26.3. The van der Waals surface area contributed by atoms with Gasteiger partial charge in [0, 0.05) is 29.0 Å². The minimum Gasteiger partial charge on any atom is -0.427 e. The minimum atomic E-state index is -0.587. The van der Waals surface area contributed by atoms with Crippen molar-refractivity contribution < 1.29 is 19.1 Å². The highest BCUT2D eigenvalue weighted by Crippen LogP contribution is 2.70. The number of allylic oxidation sites excluding steroid dienone is 5. The van der Waals surface area contributed by atoms with Crippen LogP contribution in [0.3, 0.4) is 0 Å². The van der Waals surface area contributed by atoms with E-state index in [4.69, 9.17) is 9.47 Å². The van der Waals surface area contributed by atoms with Gasteiger partial charge in [0.15, 0.2) is 0 Å². The van der Waals surface area contributed by atoms with Gasteiger partial charge in [-0.2, -0.15) is 0 Å². The lowest BCUT2D eigenvalue weighted by molar-refractivity contribution is -0.135. The van der Waals surface area contributed by atoms with E-state index in [1.807, 2.05) is 27.8 Å². The summed E-state index contributed by atoms with van der Waals surface area (Å²) in [6, 6.07) is 4.24. The van der Waals surface area contributed by atoms with Crippen molar-refractivity contribution in [2.75, 3.05) is 16.9 Å². The van der Waals surface area contributed by atoms with Gasteiger partial charge in [-0.05, 0) is 98.5 Å². The molecule has 8 aliphatic rings. The molecule has 0 unspecified atom stereocenters. The Hall–Kier alpha value is -2.45. The van der Waals surface area contributed by atoms with Crippen molar-refractivity contribution in [1.82, 2.24) is 4.98 Å². The molecule has 9 rings (SSSR count). The second-order valence-electron chi connectivity index (χ2n) is 14.1. The van der Waals surface area contributed by atoms with Crippen LogP contribution in [-0.4, -0.2) is 28.6 Å². The van der Waals surface area contributed by atoms with Gasteiger partial charge in [0.05, 0.1) is 16.9 Å². The third kappa shape index (κ3) is 5.04. The molecule has 0 radical (unpaired) electrons. The number of aromatic nitrogens is 1. The first-order valence-electron chi connectivity index (χ1n) is 17.3. The predicted octanol–water partition coefficient (Wildman–Crippen LogP) is 8.69. The number of hydrogen-bond donors (Lipinski definition) is 1. The van der Waals surface area contributed by atoms with Crippen molar-refractivity contribution in [3.05, 3.63) is 69.9 Å². The number of cyclic esters (lactones) is 1. The van der Waals surface area contributed by atoms with Gasteiger partial charge >= 0.3 is 11.9 Å². The zero-order chi connectivity index (χ0) is 30.5. The van der Waals surface area contributed by atoms with E-state index < -0.39 is 5.41 Å². The van der Waals surface area contributed by atoms with E-state index in [0.717, 1.165) is 97.1 Å². The Morgan fingerprint density at radius 1 is 1.07 bits per heavy atom. The maximum absolute atomic E-state index is 14.2. The average molecular weight is 645 g/mol. The number of nitrogens with one attached hydrogen (secondary N) is 1. The van der Waals surface area contributed by atoms with Crippen LogP contribution in [0.4, 0.5) is 5.82 Å². The summed E-state index contributed by atoms with van der Waals surface area (Å²) < 4.78 is 12.4. The van der Waals surface area contributed by atoms with Gasteiger partial charge in [-0.15, -0.1) is 0 Å². The molecule has 1 aromatic heterocycles. The molecule has 2 saturated carbocycles. The number of hydrogen-bond acceptors (Lipinski definition) is 8. The third-order valence-electron chi connectivity index (χ3n) is 11.9. The molecular weight excluding hydrogens is 601 g/mol. The van der Waals surface area contributed by atoms with Gasteiger partial charge < -0.3 is 14.8 Å². The highest BCUT2D eigenvalue weighted by Gasteiger charge is 2.68. The van der Waals surface area contributed by atoms with Crippen molar-refractivity contribution in [3.8, 4) is 0 Å². The Morgan fingerprint density at radius 2 is 1.96 bits per heavy atom. The lowest BCUT2D eigenvalue weighted by atomic mass is 9.44. The summed E-state index contributed by atoms with van der Waals surface area (Å²) in [7, 11) is 3.82. The molecule has 3 fully saturated rings. The largest absolute Gasteiger partial charge is 0.427 e. The monoisotopic (exact) mass is 644 g/mol. The fourth-order valence-electron chi connectivity index (χ4n) is 10.0. The molecule has 8 heteroatoms. The molecule has 7 bridgehead atoms. The maximum Gasteiger partial charge on any atom is 0.340 e. The smallest absolute Gasteiger partial charge is 0.340 e. The van der Waals surface area contributed by atoms with Crippen LogP contribution in [0.25, 0.3) is 0 Å². The van der Waals surface area contributed by atoms with Crippen LogP contribution in [0.5, 0.6) is 0 Å². The SMILES string of the molecule is CCC/C=C1\OC(=O)C2=C1CC[C@H]1[C@@H]3CC[C@@]4(C5=C3Cc3ccnc(c3)NCSSC[C@@H](C3CCCCC3)C/C=C/4OC5=O)[C@@H]21. The topological polar surface area (TPSA) is 77.5 Å². The van der Waals surface area contributed by atoms with Gasteiger partial charge in [-0.25, -0.2) is 14.6 Å². The molecule has 0 amide bonds. The number of unbranched alkanes of at least 4 members (excludes halogenated alkanes) is 1. The van der Waals surface area contributed by atoms with Crippen LogP contribution in [0.15, 0.2) is 64.3 Å². The maximum atomic E-state index is 14.2. The van der Waals surface area contributed by atoms with Crippen LogP contribution in [-0.2, 0) is 25.5 Å². The zero-order valence-corrected chi connectivity index (χ0v) is 27.9. The first-order chi connectivity index (χ1) is 22.1. The van der Waals surface area contributed by atoms with Crippen molar-refractivity contribution in [3.63, 3.8) is 0 Å². The standard InChI is InChI=1S/C37H44N2O4S2/c1-2-3-9-29-27-12-11-26-25-14-16-37(33(26)32(27)35(40)42-29)30-13-10-24(23-7-5-4-6-8-23)20-44-45-21-39-31-19-22(15-17-38-31)18-28(25)34(37)36(41)43-30/h9,13,15,17,19,23-26,33H,2-8,10-12,14,16,18,20-21H2,1H3,(H,38,39)/b29-9-,30-13-/t24-,25-,26-,33+,37-/m0/s1. The average Bonchev–Trinajstić information content (AvgIpc) is 3.55. The van der Waals surface area contributed by atoms with Gasteiger partial charge in [-0.1, -0.05) is 72.6 Å². The molecule has 0 aromatic carbocycles. The molecular formula is C37H44N2O4S2. The lowest BCUT2D eigenvalue weighted by Gasteiger charge is -2.56. The van der Waals surface area contributed by atoms with Gasteiger partial charge in [0.1, 0.15) is 17.3 Å². The molecule has 1 aromatic rings. The van der Waals surface area contributed by atoms with Crippen LogP contribution in [0.1, 0.15) is 89.5 Å². The number of anilines is 1. The number of esters is 2. The predicted molar refractivity (Wildman–Crippen MR) is 180 cm³/mol. The summed E-state index contributed by atoms with van der Waals surface area (Å²) in [6.07, 6.45) is 20.1. The number of ether oxygens (including phenoxy) is 2. The van der Waals surface area contributed by atoms with Crippen LogP contribution in [0, 0.1) is 35.0 Å². The quantitative estimate of drug-likeness (QED) is 0.259. The van der Waals surface area contributed by atoms with E-state index in [1.165, 1.54) is 43.2 Å². The van der Waals surface area contributed by atoms with E-state index in [0.29, 0.717) is 17.8 Å². The fraction of sp³-hybridized carbons (Fsp3) is 0.595. The Bertz CT molecular complexity index is 1520. The Balaban J connectivity index is 1.28. The highest BCUT2D eigenvalue weighted by atomic mass is 33.1. The molecule has 5 atom stereocenters. The number of carbonyl (C=O) groups is 2. The van der Waals surface area contributed by atoms with Crippen molar-refractivity contribution in [2.24, 2.45) is 35.0 Å². The van der Waals surface area contributed by atoms with Crippen molar-refractivity contribution in [1.29, 1.82) is 0 Å². The van der Waals surface area contributed by atoms with Crippen LogP contribution < -0.4 is 5.32 Å². The molecule has 1 saturated heterocycles. The summed E-state index contributed by atoms with van der Waals surface area (Å²) in [4.78, 5) is 32.6. The minimum absolute atomic E-state index is 0.0666. The molecule has 6 nitrogen and oxygen atoms in total. The fourth-order valence-corrected chi connectivity index (χ4v) is 12.2. The number of carbonyl (C=O) groups excluding carboxylic acids is 2. The molecule has 238 valence electrons. The van der Waals surface area contributed by atoms with E-state index in [1.54, 1.807) is 0 Å². The third-order valence-corrected chi connectivity index (χ3v) is 14.2. The van der Waals surface area contributed by atoms with E-state index >= 15 is 0 Å². The van der Waals surface area contributed by atoms with E-state index in [2.05, 4.69) is 41.5 Å². The number of nitrogens with zero attached hydrogens (tertiary/aromatic N) is 1. The molecule has 5 aliphatic carbocycles. The summed E-state index contributed by atoms with van der Waals surface area (Å²) >= 11 is 0. The molecule has 3 aliphatic heterocycles. The molecule has 1 spiro atoms. The van der Waals surface area contributed by atoms with Crippen LogP contribution >= 0.6 is 21.6 Å². The second kappa shape index (κ2) is 12.3. The van der Waals surface area contributed by atoms with E-state index in [9.17, 15) is 9.59 Å². The highest BCUT2D eigenvalue weighted by molar-refractivity contribution is 8.76. The normalized spacial score (nSPS) is 35.4. The summed E-state index contributed by atoms with van der Waals surface area (Å²) in [5.74, 6) is 5.73. The summed E-state index contributed by atoms with van der Waals surface area (Å²) in [5, 5.41) is 3.53. The van der Waals surface area contributed by atoms with Gasteiger partial charge in [0.2, 0.25) is 0 Å². The molecule has 4 heterocycles. The first-order valence-corrected chi connectivity index (χ1v) is 19.8. The molecule has 45 heavy (non-hydrogen) atoms. The summed E-state index contributed by atoms with van der Waals surface area (Å²) in [6.45, 7) is 2.15. The Morgan fingerprint density at radius 3 is 2.82 bits per heavy atom. The molecule has 1 N–H and O–H groups in total. The van der Waals surface area contributed by atoms with Gasteiger partial charge in [-0.3, -0.25) is 0 Å². The Kier molecular flexibility index (Phi) is 8.17. The Labute approximate surface area is 274 Å². The number of fused-ring (bicyclic) bond motifs is 3. The van der Waals surface area contributed by atoms with Gasteiger partial charge in [0.25, 0.3) is 0 Å². The first kappa shape index (κ1) is 29.9. The lowest BCUT2D eigenvalue weighted by Crippen LogP contribution is -2.52. The number of rotatable bonds is 3. The summed E-state index contributed by atoms with van der Waals surface area (Å²) in [5.41, 5.74) is 4.62. The number of pyridine rings is 1. The van der Waals surface area contributed by atoms with Crippen LogP contribution in [0.2, 0.25) is 0 Å².